The second-order valence-electron chi connectivity index (χ2n) is 2.64. The van der Waals surface area contributed by atoms with Crippen LogP contribution in [0, 0.1) is 0 Å². The molecule has 0 bridgehead atoms. The summed E-state index contributed by atoms with van der Waals surface area (Å²) in [4.78, 5) is 32.0. The van der Waals surface area contributed by atoms with Gasteiger partial charge in [0.05, 0.1) is 16.7 Å². The molecule has 0 fully saturated rings. The Morgan fingerprint density at radius 1 is 0.812 bits per heavy atom. The van der Waals surface area contributed by atoms with Crippen molar-refractivity contribution in [2.45, 2.75) is 0 Å². The van der Waals surface area contributed by atoms with E-state index in [1.807, 2.05) is 0 Å². The number of rotatable bonds is 3. The van der Waals surface area contributed by atoms with Gasteiger partial charge in [-0.3, -0.25) is 0 Å². The van der Waals surface area contributed by atoms with Crippen molar-refractivity contribution in [3.8, 4) is 0 Å². The van der Waals surface area contributed by atoms with Gasteiger partial charge in [-0.1, -0.05) is 6.07 Å². The molecule has 0 atom stereocenters. The van der Waals surface area contributed by atoms with Crippen LogP contribution in [-0.2, 0) is 0 Å². The zero-order valence-electron chi connectivity index (χ0n) is 8.01. The van der Waals surface area contributed by atoms with Gasteiger partial charge >= 0.3 is 45.2 Å². The summed E-state index contributed by atoms with van der Waals surface area (Å²) in [6.07, 6.45) is 0. The fourth-order valence-electron chi connectivity index (χ4n) is 1.14. The zero-order chi connectivity index (χ0) is 11.6. The third kappa shape index (κ3) is 2.78. The van der Waals surface area contributed by atoms with Crippen LogP contribution in [0.15, 0.2) is 18.2 Å². The van der Waals surface area contributed by atoms with Crippen LogP contribution in [0.4, 0.5) is 0 Å². The fourth-order valence-corrected chi connectivity index (χ4v) is 1.14. The molecular weight excluding hydrogens is 411 g/mol. The summed E-state index contributed by atoms with van der Waals surface area (Å²) < 4.78 is 0. The Balaban J connectivity index is 0.00000225. The van der Waals surface area contributed by atoms with Crippen LogP contribution in [0.5, 0.6) is 0 Å². The van der Waals surface area contributed by atoms with Gasteiger partial charge in [0.15, 0.2) is 0 Å². The second-order valence-corrected chi connectivity index (χ2v) is 2.64. The Bertz CT molecular complexity index is 421. The van der Waals surface area contributed by atoms with Gasteiger partial charge in [0.1, 0.15) is 0 Å². The molecule has 0 saturated carbocycles. The van der Waals surface area contributed by atoms with Crippen molar-refractivity contribution in [2.24, 2.45) is 0 Å². The van der Waals surface area contributed by atoms with Crippen LogP contribution in [0.2, 0.25) is 0 Å². The minimum absolute atomic E-state index is 0. The Morgan fingerprint density at radius 3 is 1.44 bits per heavy atom. The molecule has 7 heteroatoms. The molecule has 0 spiro atoms. The molecule has 0 amide bonds. The van der Waals surface area contributed by atoms with Gasteiger partial charge in [0, 0.05) is 0 Å². The number of carboxylic acids is 3. The minimum atomic E-state index is -1.58. The van der Waals surface area contributed by atoms with Crippen molar-refractivity contribution < 1.29 is 29.7 Å². The monoisotopic (exact) mass is 420 g/mol. The summed E-state index contributed by atoms with van der Waals surface area (Å²) in [7, 11) is 0. The van der Waals surface area contributed by atoms with E-state index < -0.39 is 34.6 Å². The van der Waals surface area contributed by atoms with Crippen LogP contribution in [0.3, 0.4) is 0 Å². The number of hydrogen-bond donors (Lipinski definition) is 3. The van der Waals surface area contributed by atoms with Gasteiger partial charge in [-0.2, -0.15) is 0 Å². The summed E-state index contributed by atoms with van der Waals surface area (Å²) in [5.41, 5.74) is -1.79. The number of carboxylic acid groups (broad SMARTS) is 3. The van der Waals surface area contributed by atoms with E-state index in [0.717, 1.165) is 12.1 Å². The van der Waals surface area contributed by atoms with Crippen molar-refractivity contribution in [3.63, 3.8) is 0 Å². The second kappa shape index (κ2) is 5.59. The van der Waals surface area contributed by atoms with E-state index in [0.29, 0.717) is 0 Å². The first-order chi connectivity index (χ1) is 6.95. The summed E-state index contributed by atoms with van der Waals surface area (Å²) in [6, 6.07) is 3.26. The molecule has 0 aromatic heterocycles. The Morgan fingerprint density at radius 2 is 1.19 bits per heavy atom. The van der Waals surface area contributed by atoms with Crippen molar-refractivity contribution in [3.05, 3.63) is 34.9 Å². The predicted octanol–water partition coefficient (Wildman–Crippen LogP) is -0.135. The average molecular weight is 419 g/mol. The van der Waals surface area contributed by atoms with Crippen molar-refractivity contribution >= 4 is 45.2 Å². The normalized spacial score (nSPS) is 9.00. The first kappa shape index (κ1) is 14.6. The van der Waals surface area contributed by atoms with E-state index in [4.69, 9.17) is 15.3 Å². The summed E-state index contributed by atoms with van der Waals surface area (Å²) >= 11 is 0. The van der Waals surface area contributed by atoms with Crippen LogP contribution in [0.25, 0.3) is 0 Å². The molecule has 16 heavy (non-hydrogen) atoms. The van der Waals surface area contributed by atoms with Crippen LogP contribution in [0.1, 0.15) is 31.1 Å². The van der Waals surface area contributed by atoms with Crippen LogP contribution in [-0.4, -0.2) is 60.5 Å². The molecule has 0 unspecified atom stereocenters. The third-order valence-electron chi connectivity index (χ3n) is 1.74. The molecule has 1 rings (SSSR count). The molecule has 2 radical (unpaired) electrons. The molecule has 0 aliphatic carbocycles. The number of carbonyl (C=O) groups is 3. The van der Waals surface area contributed by atoms with E-state index >= 15 is 0 Å². The average Bonchev–Trinajstić information content (AvgIpc) is 2.16. The third-order valence-corrected chi connectivity index (χ3v) is 1.74. The molecule has 84 valence electrons. The van der Waals surface area contributed by atoms with Gasteiger partial charge in [0.25, 0.3) is 0 Å². The number of aromatic carboxylic acids is 3. The van der Waals surface area contributed by atoms with Crippen LogP contribution >= 0.6 is 0 Å². The van der Waals surface area contributed by atoms with E-state index in [2.05, 4.69) is 0 Å². The fraction of sp³-hybridized carbons (Fsp3) is 0. The van der Waals surface area contributed by atoms with E-state index in [9.17, 15) is 14.4 Å². The first-order valence-electron chi connectivity index (χ1n) is 3.78. The Labute approximate surface area is 110 Å². The van der Waals surface area contributed by atoms with E-state index in [1.54, 1.807) is 0 Å². The van der Waals surface area contributed by atoms with Crippen molar-refractivity contribution in [2.75, 3.05) is 0 Å². The molecular formula is C9H8O6Pb. The number of hydrogen-bond acceptors (Lipinski definition) is 3. The summed E-state index contributed by atoms with van der Waals surface area (Å²) in [5, 5.41) is 26.0. The summed E-state index contributed by atoms with van der Waals surface area (Å²) in [5.74, 6) is -4.53. The van der Waals surface area contributed by atoms with Gasteiger partial charge in [0.2, 0.25) is 0 Å². The summed E-state index contributed by atoms with van der Waals surface area (Å²) in [6.45, 7) is 0. The predicted molar refractivity (Wildman–Crippen MR) is 55.9 cm³/mol. The van der Waals surface area contributed by atoms with E-state index in [-0.39, 0.29) is 27.3 Å². The maximum atomic E-state index is 10.7. The molecule has 1 aromatic rings. The topological polar surface area (TPSA) is 112 Å². The number of benzene rings is 1. The quantitative estimate of drug-likeness (QED) is 0.589. The van der Waals surface area contributed by atoms with E-state index in [1.165, 1.54) is 6.07 Å². The SMILES string of the molecule is O=C(O)c1cccc(C(=O)O)c1C(=O)O.[PbH2]. The first-order valence-corrected chi connectivity index (χ1v) is 3.78. The van der Waals surface area contributed by atoms with Crippen LogP contribution < -0.4 is 0 Å². The van der Waals surface area contributed by atoms with Gasteiger partial charge in [-0.15, -0.1) is 0 Å². The zero-order valence-corrected chi connectivity index (χ0v) is 13.5. The van der Waals surface area contributed by atoms with Gasteiger partial charge in [-0.25, -0.2) is 14.4 Å². The molecule has 0 saturated heterocycles. The van der Waals surface area contributed by atoms with Gasteiger partial charge in [-0.05, 0) is 12.1 Å². The molecule has 1 aromatic carbocycles. The molecule has 0 aliphatic rings. The Kier molecular flexibility index (Phi) is 5.08. The molecule has 3 N–H and O–H groups in total. The van der Waals surface area contributed by atoms with Gasteiger partial charge < -0.3 is 15.3 Å². The van der Waals surface area contributed by atoms with Crippen molar-refractivity contribution in [1.29, 1.82) is 0 Å². The molecule has 0 heterocycles. The molecule has 0 aliphatic heterocycles. The maximum absolute atomic E-state index is 10.7. The molecule has 6 nitrogen and oxygen atoms in total. The Hall–Kier alpha value is -1.45. The standard InChI is InChI=1S/C9H6O6.Pb.2H/c10-7(11)4-2-1-3-5(8(12)13)6(4)9(14)15;;;/h1-3H,(H,10,11)(H,12,13)(H,14,15);;;. The van der Waals surface area contributed by atoms with Crippen molar-refractivity contribution in [1.82, 2.24) is 0 Å².